The van der Waals surface area contributed by atoms with Crippen molar-refractivity contribution in [2.24, 2.45) is 0 Å². The number of piperidine rings is 1. The van der Waals surface area contributed by atoms with E-state index in [0.717, 1.165) is 5.57 Å². The van der Waals surface area contributed by atoms with Crippen molar-refractivity contribution >= 4 is 6.09 Å². The average Bonchev–Trinajstić information content (AvgIpc) is 2.44. The highest BCUT2D eigenvalue weighted by Crippen LogP contribution is 2.28. The summed E-state index contributed by atoms with van der Waals surface area (Å²) in [5.74, 6) is -0.531. The van der Waals surface area contributed by atoms with E-state index in [1.165, 1.54) is 11.0 Å². The number of nitrogens with zero attached hydrogens (tertiary/aromatic N) is 1. The second-order valence-electron chi connectivity index (χ2n) is 7.21. The van der Waals surface area contributed by atoms with Gasteiger partial charge in [0.25, 0.3) is 0 Å². The van der Waals surface area contributed by atoms with E-state index >= 15 is 0 Å². The van der Waals surface area contributed by atoms with Crippen molar-refractivity contribution in [1.29, 1.82) is 0 Å². The maximum absolute atomic E-state index is 14.7. The van der Waals surface area contributed by atoms with Crippen molar-refractivity contribution in [2.75, 3.05) is 26.3 Å². The Morgan fingerprint density at radius 2 is 1.92 bits per heavy atom. The zero-order valence-corrected chi connectivity index (χ0v) is 15.2. The van der Waals surface area contributed by atoms with Crippen LogP contribution in [0.4, 0.5) is 13.6 Å². The summed E-state index contributed by atoms with van der Waals surface area (Å²) in [4.78, 5) is 13.5. The smallest absolute Gasteiger partial charge is 0.410 e. The van der Waals surface area contributed by atoms with Crippen molar-refractivity contribution in [1.82, 2.24) is 4.90 Å². The predicted molar refractivity (Wildman–Crippen MR) is 90.3 cm³/mol. The third kappa shape index (κ3) is 7.43. The summed E-state index contributed by atoms with van der Waals surface area (Å²) in [6, 6.07) is 0. The molecule has 6 heteroatoms. The summed E-state index contributed by atoms with van der Waals surface area (Å²) in [7, 11) is 0. The highest BCUT2D eigenvalue weighted by Gasteiger charge is 2.37. The number of ether oxygens (including phenoxy) is 2. The van der Waals surface area contributed by atoms with Gasteiger partial charge in [-0.3, -0.25) is 0 Å². The molecular weight excluding hydrogens is 316 g/mol. The molecule has 0 bridgehead atoms. The lowest BCUT2D eigenvalue weighted by Crippen LogP contribution is -2.48. The second kappa shape index (κ2) is 8.60. The molecule has 0 saturated carbocycles. The Morgan fingerprint density at radius 3 is 2.38 bits per heavy atom. The fraction of sp³-hybridized carbons (Fsp3) is 0.722. The fourth-order valence-corrected chi connectivity index (χ4v) is 2.39. The van der Waals surface area contributed by atoms with Gasteiger partial charge in [0.2, 0.25) is 0 Å². The number of hydrogen-bond acceptors (Lipinski definition) is 3. The summed E-state index contributed by atoms with van der Waals surface area (Å²) >= 11 is 0. The fourth-order valence-electron chi connectivity index (χ4n) is 2.39. The molecule has 0 atom stereocenters. The molecule has 4 nitrogen and oxygen atoms in total. The third-order valence-corrected chi connectivity index (χ3v) is 3.77. The van der Waals surface area contributed by atoms with Gasteiger partial charge in [0, 0.05) is 25.9 Å². The molecule has 0 N–H and O–H groups in total. The van der Waals surface area contributed by atoms with Gasteiger partial charge in [-0.1, -0.05) is 13.5 Å². The van der Waals surface area contributed by atoms with Gasteiger partial charge in [-0.15, -0.1) is 0 Å². The Balaban J connectivity index is 2.42. The molecule has 0 spiro atoms. The summed E-state index contributed by atoms with van der Waals surface area (Å²) in [5.41, 5.74) is -1.30. The number of allylic oxidation sites excluding steroid dienone is 2. The van der Waals surface area contributed by atoms with Gasteiger partial charge < -0.3 is 14.4 Å². The predicted octanol–water partition coefficient (Wildman–Crippen LogP) is 4.56. The highest BCUT2D eigenvalue weighted by molar-refractivity contribution is 5.68. The molecule has 24 heavy (non-hydrogen) atoms. The molecule has 0 unspecified atom stereocenters. The maximum Gasteiger partial charge on any atom is 0.410 e. The molecule has 138 valence electrons. The van der Waals surface area contributed by atoms with Crippen LogP contribution >= 0.6 is 0 Å². The molecule has 0 aromatic carbocycles. The van der Waals surface area contributed by atoms with E-state index in [9.17, 15) is 13.6 Å². The zero-order chi connectivity index (χ0) is 18.4. The topological polar surface area (TPSA) is 38.8 Å². The molecule has 1 aliphatic rings. The lowest BCUT2D eigenvalue weighted by Gasteiger charge is -2.36. The largest absolute Gasteiger partial charge is 0.444 e. The number of carbonyl (C=O) groups is 1. The number of carbonyl (C=O) groups excluding carboxylic acids is 1. The first kappa shape index (κ1) is 20.6. The van der Waals surface area contributed by atoms with E-state index in [4.69, 9.17) is 9.47 Å². The standard InChI is InChI=1S/C18H29F2NO3/c1-6-15(11-14(2)19)12-23-13-18(20)7-9-21(10-8-18)16(22)24-17(3,4)5/h11H,2,6-10,12-13H2,1,3-5H3/b15-11+. The Labute approximate surface area is 143 Å². The van der Waals surface area contributed by atoms with Crippen LogP contribution < -0.4 is 0 Å². The van der Waals surface area contributed by atoms with E-state index in [2.05, 4.69) is 6.58 Å². The third-order valence-electron chi connectivity index (χ3n) is 3.77. The number of hydrogen-bond donors (Lipinski definition) is 0. The van der Waals surface area contributed by atoms with Crippen LogP contribution in [0.3, 0.4) is 0 Å². The molecule has 1 saturated heterocycles. The number of halogens is 2. The van der Waals surface area contributed by atoms with Gasteiger partial charge >= 0.3 is 6.09 Å². The number of likely N-dealkylation sites (tertiary alicyclic amines) is 1. The van der Waals surface area contributed by atoms with E-state index < -0.39 is 23.2 Å². The van der Waals surface area contributed by atoms with Crippen LogP contribution in [0.25, 0.3) is 0 Å². The van der Waals surface area contributed by atoms with Crippen LogP contribution in [-0.4, -0.2) is 48.6 Å². The maximum atomic E-state index is 14.7. The van der Waals surface area contributed by atoms with Gasteiger partial charge in [-0.05, 0) is 38.8 Å². The molecule has 0 aromatic heterocycles. The molecule has 0 aliphatic carbocycles. The summed E-state index contributed by atoms with van der Waals surface area (Å²) in [5, 5.41) is 0. The van der Waals surface area contributed by atoms with Crippen molar-refractivity contribution in [3.05, 3.63) is 24.1 Å². The molecule has 1 aliphatic heterocycles. The quantitative estimate of drug-likeness (QED) is 0.662. The molecule has 1 heterocycles. The zero-order valence-electron chi connectivity index (χ0n) is 15.2. The highest BCUT2D eigenvalue weighted by atomic mass is 19.1. The lowest BCUT2D eigenvalue weighted by molar-refractivity contribution is -0.0292. The van der Waals surface area contributed by atoms with Crippen LogP contribution in [-0.2, 0) is 9.47 Å². The van der Waals surface area contributed by atoms with Gasteiger partial charge in [0.1, 0.15) is 17.1 Å². The van der Waals surface area contributed by atoms with Crippen LogP contribution in [0.1, 0.15) is 47.0 Å². The van der Waals surface area contributed by atoms with E-state index in [-0.39, 0.29) is 26.1 Å². The van der Waals surface area contributed by atoms with Gasteiger partial charge in [-0.25, -0.2) is 13.6 Å². The van der Waals surface area contributed by atoms with Crippen molar-refractivity contribution in [3.63, 3.8) is 0 Å². The number of amides is 1. The lowest BCUT2D eigenvalue weighted by atomic mass is 9.94. The molecular formula is C18H29F2NO3. The second-order valence-corrected chi connectivity index (χ2v) is 7.21. The van der Waals surface area contributed by atoms with Crippen molar-refractivity contribution in [3.8, 4) is 0 Å². The first-order chi connectivity index (χ1) is 11.0. The average molecular weight is 345 g/mol. The Hall–Kier alpha value is -1.43. The monoisotopic (exact) mass is 345 g/mol. The molecule has 1 amide bonds. The van der Waals surface area contributed by atoms with Crippen LogP contribution in [0.15, 0.2) is 24.1 Å². The van der Waals surface area contributed by atoms with Gasteiger partial charge in [0.05, 0.1) is 13.2 Å². The summed E-state index contributed by atoms with van der Waals surface area (Å²) in [6.07, 6.45) is 1.92. The van der Waals surface area contributed by atoms with Crippen molar-refractivity contribution < 1.29 is 23.0 Å². The van der Waals surface area contributed by atoms with Crippen LogP contribution in [0.2, 0.25) is 0 Å². The minimum atomic E-state index is -1.47. The first-order valence-corrected chi connectivity index (χ1v) is 8.33. The summed E-state index contributed by atoms with van der Waals surface area (Å²) in [6.45, 7) is 11.2. The minimum Gasteiger partial charge on any atom is -0.444 e. The van der Waals surface area contributed by atoms with Gasteiger partial charge in [0.15, 0.2) is 0 Å². The first-order valence-electron chi connectivity index (χ1n) is 8.33. The van der Waals surface area contributed by atoms with Crippen LogP contribution in [0, 0.1) is 0 Å². The summed E-state index contributed by atoms with van der Waals surface area (Å²) < 4.78 is 38.2. The Bertz CT molecular complexity index is 475. The Morgan fingerprint density at radius 1 is 1.33 bits per heavy atom. The van der Waals surface area contributed by atoms with Crippen molar-refractivity contribution in [2.45, 2.75) is 58.2 Å². The van der Waals surface area contributed by atoms with E-state index in [1.54, 1.807) is 20.8 Å². The van der Waals surface area contributed by atoms with Crippen LogP contribution in [0.5, 0.6) is 0 Å². The molecule has 0 radical (unpaired) electrons. The van der Waals surface area contributed by atoms with E-state index in [0.29, 0.717) is 19.5 Å². The minimum absolute atomic E-state index is 0.0642. The normalized spacial score (nSPS) is 18.4. The molecule has 1 fully saturated rings. The Kier molecular flexibility index (Phi) is 7.39. The van der Waals surface area contributed by atoms with E-state index in [1.807, 2.05) is 6.92 Å². The van der Waals surface area contributed by atoms with Gasteiger partial charge in [-0.2, -0.15) is 0 Å². The molecule has 1 rings (SSSR count). The number of rotatable bonds is 6. The SMILES string of the molecule is C=C(F)/C=C(\CC)COCC1(F)CCN(C(=O)OC(C)(C)C)CC1. The molecule has 0 aromatic rings. The number of alkyl halides is 1.